The van der Waals surface area contributed by atoms with E-state index < -0.39 is 0 Å². The van der Waals surface area contributed by atoms with Crippen LogP contribution in [0.1, 0.15) is 45.1 Å². The number of amidine groups is 1. The number of hydrogen-bond donors (Lipinski definition) is 2. The van der Waals surface area contributed by atoms with E-state index in [-0.39, 0.29) is 5.84 Å². The molecule has 0 heterocycles. The molecule has 0 saturated heterocycles. The molecule has 0 aliphatic rings. The molecule has 3 N–H and O–H groups in total. The Kier molecular flexibility index (Phi) is 6.91. The summed E-state index contributed by atoms with van der Waals surface area (Å²) in [6.07, 6.45) is 4.77. The number of hydrogen-bond acceptors (Lipinski definition) is 3. The predicted octanol–water partition coefficient (Wildman–Crippen LogP) is 3.57. The van der Waals surface area contributed by atoms with Gasteiger partial charge >= 0.3 is 0 Å². The fourth-order valence-corrected chi connectivity index (χ4v) is 2.06. The molecule has 1 aromatic carbocycles. The SMILES string of the molecule is CCCCC(CC)COc1ccc(C(=N)N)cc1OC. The second-order valence-electron chi connectivity index (χ2n) is 5.01. The largest absolute Gasteiger partial charge is 0.493 e. The van der Waals surface area contributed by atoms with E-state index in [1.54, 1.807) is 19.2 Å². The average Bonchev–Trinajstić information content (AvgIpc) is 2.47. The standard InChI is InChI=1S/C16H26N2O2/c1-4-6-7-12(5-2)11-20-14-9-8-13(16(17)18)10-15(14)19-3/h8-10,12H,4-7,11H2,1-3H3,(H3,17,18). The normalized spacial score (nSPS) is 11.9. The third-order valence-corrected chi connectivity index (χ3v) is 3.49. The summed E-state index contributed by atoms with van der Waals surface area (Å²) in [7, 11) is 1.60. The Labute approximate surface area is 121 Å². The zero-order valence-electron chi connectivity index (χ0n) is 12.7. The third-order valence-electron chi connectivity index (χ3n) is 3.49. The van der Waals surface area contributed by atoms with Crippen LogP contribution in [0.4, 0.5) is 0 Å². The van der Waals surface area contributed by atoms with Crippen molar-refractivity contribution in [1.82, 2.24) is 0 Å². The minimum absolute atomic E-state index is 0.0317. The molecule has 0 spiro atoms. The Bertz CT molecular complexity index is 432. The molecule has 1 aromatic rings. The fourth-order valence-electron chi connectivity index (χ4n) is 2.06. The van der Waals surface area contributed by atoms with Gasteiger partial charge in [0.1, 0.15) is 5.84 Å². The van der Waals surface area contributed by atoms with Gasteiger partial charge < -0.3 is 15.2 Å². The summed E-state index contributed by atoms with van der Waals surface area (Å²) in [5, 5.41) is 7.43. The smallest absolute Gasteiger partial charge is 0.161 e. The van der Waals surface area contributed by atoms with Crippen LogP contribution in [0.5, 0.6) is 11.5 Å². The van der Waals surface area contributed by atoms with E-state index >= 15 is 0 Å². The number of nitrogens with two attached hydrogens (primary N) is 1. The summed E-state index contributed by atoms with van der Waals surface area (Å²) in [6, 6.07) is 5.35. The average molecular weight is 278 g/mol. The molecule has 20 heavy (non-hydrogen) atoms. The van der Waals surface area contributed by atoms with Gasteiger partial charge in [-0.2, -0.15) is 0 Å². The molecule has 0 aliphatic heterocycles. The minimum atomic E-state index is 0.0317. The number of methoxy groups -OCH3 is 1. The topological polar surface area (TPSA) is 68.3 Å². The van der Waals surface area contributed by atoms with Crippen LogP contribution >= 0.6 is 0 Å². The molecule has 0 saturated carbocycles. The van der Waals surface area contributed by atoms with E-state index in [9.17, 15) is 0 Å². The van der Waals surface area contributed by atoms with Gasteiger partial charge in [-0.25, -0.2) is 0 Å². The van der Waals surface area contributed by atoms with Crippen LogP contribution in [0, 0.1) is 11.3 Å². The van der Waals surface area contributed by atoms with Crippen LogP contribution in [0.2, 0.25) is 0 Å². The second-order valence-corrected chi connectivity index (χ2v) is 5.01. The van der Waals surface area contributed by atoms with Gasteiger partial charge in [0.2, 0.25) is 0 Å². The maximum Gasteiger partial charge on any atom is 0.161 e. The van der Waals surface area contributed by atoms with Gasteiger partial charge in [-0.3, -0.25) is 5.41 Å². The lowest BCUT2D eigenvalue weighted by Gasteiger charge is -2.17. The van der Waals surface area contributed by atoms with Crippen LogP contribution in [0.15, 0.2) is 18.2 Å². The highest BCUT2D eigenvalue weighted by Crippen LogP contribution is 2.29. The highest BCUT2D eigenvalue weighted by atomic mass is 16.5. The first-order valence-electron chi connectivity index (χ1n) is 7.27. The van der Waals surface area contributed by atoms with Crippen molar-refractivity contribution >= 4 is 5.84 Å². The van der Waals surface area contributed by atoms with Crippen molar-refractivity contribution in [1.29, 1.82) is 5.41 Å². The van der Waals surface area contributed by atoms with Gasteiger partial charge in [0, 0.05) is 5.56 Å². The Morgan fingerprint density at radius 1 is 1.30 bits per heavy atom. The molecule has 0 amide bonds. The van der Waals surface area contributed by atoms with Gasteiger partial charge in [-0.05, 0) is 30.5 Å². The number of ether oxygens (including phenoxy) is 2. The van der Waals surface area contributed by atoms with E-state index in [0.717, 1.165) is 6.42 Å². The van der Waals surface area contributed by atoms with E-state index in [4.69, 9.17) is 20.6 Å². The summed E-state index contributed by atoms with van der Waals surface area (Å²) in [4.78, 5) is 0. The summed E-state index contributed by atoms with van der Waals surface area (Å²) in [5.74, 6) is 1.95. The summed E-state index contributed by atoms with van der Waals surface area (Å²) < 4.78 is 11.2. The molecule has 0 aromatic heterocycles. The van der Waals surface area contributed by atoms with Gasteiger partial charge in [0.05, 0.1) is 13.7 Å². The van der Waals surface area contributed by atoms with Crippen molar-refractivity contribution in [3.05, 3.63) is 23.8 Å². The molecule has 0 aliphatic carbocycles. The van der Waals surface area contributed by atoms with Crippen LogP contribution < -0.4 is 15.2 Å². The lowest BCUT2D eigenvalue weighted by atomic mass is 10.0. The molecular formula is C16H26N2O2. The quantitative estimate of drug-likeness (QED) is 0.536. The molecule has 0 fully saturated rings. The van der Waals surface area contributed by atoms with Crippen molar-refractivity contribution in [3.8, 4) is 11.5 Å². The predicted molar refractivity (Wildman–Crippen MR) is 82.8 cm³/mol. The minimum Gasteiger partial charge on any atom is -0.493 e. The van der Waals surface area contributed by atoms with E-state index in [2.05, 4.69) is 13.8 Å². The third kappa shape index (κ3) is 4.76. The second kappa shape index (κ2) is 8.46. The first kappa shape index (κ1) is 16.3. The number of nitrogens with one attached hydrogen (secondary N) is 1. The molecule has 1 rings (SSSR count). The van der Waals surface area contributed by atoms with Crippen molar-refractivity contribution in [2.45, 2.75) is 39.5 Å². The van der Waals surface area contributed by atoms with Crippen LogP contribution in [-0.4, -0.2) is 19.6 Å². The van der Waals surface area contributed by atoms with Gasteiger partial charge in [-0.15, -0.1) is 0 Å². The first-order chi connectivity index (χ1) is 9.62. The molecule has 4 nitrogen and oxygen atoms in total. The van der Waals surface area contributed by atoms with Gasteiger partial charge in [0.15, 0.2) is 11.5 Å². The van der Waals surface area contributed by atoms with E-state index in [1.807, 2.05) is 6.07 Å². The van der Waals surface area contributed by atoms with Crippen molar-refractivity contribution in [2.24, 2.45) is 11.7 Å². The number of unbranched alkanes of at least 4 members (excludes halogenated alkanes) is 1. The number of rotatable bonds is 9. The highest BCUT2D eigenvalue weighted by Gasteiger charge is 2.11. The van der Waals surface area contributed by atoms with Crippen LogP contribution in [0.25, 0.3) is 0 Å². The number of nitrogen functional groups attached to an aromatic ring is 1. The Morgan fingerprint density at radius 3 is 2.60 bits per heavy atom. The van der Waals surface area contributed by atoms with Gasteiger partial charge in [0.25, 0.3) is 0 Å². The molecule has 1 atom stereocenters. The van der Waals surface area contributed by atoms with E-state index in [1.165, 1.54) is 19.3 Å². The lowest BCUT2D eigenvalue weighted by molar-refractivity contribution is 0.224. The molecule has 1 unspecified atom stereocenters. The molecule has 112 valence electrons. The molecular weight excluding hydrogens is 252 g/mol. The van der Waals surface area contributed by atoms with Crippen LogP contribution in [0.3, 0.4) is 0 Å². The molecule has 0 bridgehead atoms. The maximum atomic E-state index is 7.43. The van der Waals surface area contributed by atoms with Crippen molar-refractivity contribution in [3.63, 3.8) is 0 Å². The van der Waals surface area contributed by atoms with Crippen molar-refractivity contribution in [2.75, 3.05) is 13.7 Å². The number of benzene rings is 1. The Morgan fingerprint density at radius 2 is 2.05 bits per heavy atom. The summed E-state index contributed by atoms with van der Waals surface area (Å²) in [6.45, 7) is 5.10. The van der Waals surface area contributed by atoms with E-state index in [0.29, 0.717) is 29.6 Å². The molecule has 4 heteroatoms. The molecule has 0 radical (unpaired) electrons. The summed E-state index contributed by atoms with van der Waals surface area (Å²) >= 11 is 0. The summed E-state index contributed by atoms with van der Waals surface area (Å²) in [5.41, 5.74) is 6.12. The zero-order valence-corrected chi connectivity index (χ0v) is 12.7. The monoisotopic (exact) mass is 278 g/mol. The van der Waals surface area contributed by atoms with Crippen molar-refractivity contribution < 1.29 is 9.47 Å². The highest BCUT2D eigenvalue weighted by molar-refractivity contribution is 5.95. The fraction of sp³-hybridized carbons (Fsp3) is 0.562. The first-order valence-corrected chi connectivity index (χ1v) is 7.27. The van der Waals surface area contributed by atoms with Gasteiger partial charge in [-0.1, -0.05) is 33.1 Å². The maximum absolute atomic E-state index is 7.43. The lowest BCUT2D eigenvalue weighted by Crippen LogP contribution is -2.13. The Hall–Kier alpha value is -1.71. The Balaban J connectivity index is 2.69. The zero-order chi connectivity index (χ0) is 15.0. The van der Waals surface area contributed by atoms with Crippen LogP contribution in [-0.2, 0) is 0 Å².